The van der Waals surface area contributed by atoms with E-state index in [1.54, 1.807) is 0 Å². The highest BCUT2D eigenvalue weighted by Gasteiger charge is 1.99. The number of hydrogen-bond acceptors (Lipinski definition) is 2. The van der Waals surface area contributed by atoms with E-state index in [1.165, 1.54) is 12.0 Å². The van der Waals surface area contributed by atoms with E-state index in [4.69, 9.17) is 0 Å². The Hall–Kier alpha value is -0.830. The van der Waals surface area contributed by atoms with E-state index < -0.39 is 0 Å². The molecule has 3 nitrogen and oxygen atoms in total. The van der Waals surface area contributed by atoms with Crippen LogP contribution in [0.3, 0.4) is 0 Å². The number of nitrogens with zero attached hydrogens (tertiary/aromatic N) is 1. The first-order valence-electron chi connectivity index (χ1n) is 4.89. The Morgan fingerprint density at radius 3 is 2.85 bits per heavy atom. The van der Waals surface area contributed by atoms with Crippen molar-refractivity contribution in [2.75, 3.05) is 6.54 Å². The molecule has 0 saturated heterocycles. The van der Waals surface area contributed by atoms with Gasteiger partial charge in [-0.25, -0.2) is 0 Å². The van der Waals surface area contributed by atoms with Gasteiger partial charge in [-0.15, -0.1) is 0 Å². The van der Waals surface area contributed by atoms with Crippen molar-refractivity contribution in [3.8, 4) is 0 Å². The highest BCUT2D eigenvalue weighted by Crippen LogP contribution is 2.02. The second-order valence-electron chi connectivity index (χ2n) is 3.88. The zero-order valence-corrected chi connectivity index (χ0v) is 8.72. The highest BCUT2D eigenvalue weighted by atomic mass is 15.1. The highest BCUT2D eigenvalue weighted by molar-refractivity contribution is 5.13. The zero-order valence-electron chi connectivity index (χ0n) is 8.72. The number of aryl methyl sites for hydroxylation is 1. The van der Waals surface area contributed by atoms with Gasteiger partial charge in [-0.2, -0.15) is 5.10 Å². The largest absolute Gasteiger partial charge is 0.313 e. The molecule has 0 aliphatic carbocycles. The molecule has 1 rings (SSSR count). The van der Waals surface area contributed by atoms with Crippen molar-refractivity contribution >= 4 is 0 Å². The molecule has 0 bridgehead atoms. The molecule has 0 aliphatic rings. The number of nitrogens with one attached hydrogen (secondary N) is 2. The minimum Gasteiger partial charge on any atom is -0.313 e. The SMILES string of the molecule is Cc1[nH]ncc1CNCCC(C)C. The molecule has 0 atom stereocenters. The van der Waals surface area contributed by atoms with Crippen LogP contribution in [-0.2, 0) is 6.54 Å². The van der Waals surface area contributed by atoms with Crippen LogP contribution in [0.2, 0.25) is 0 Å². The summed E-state index contributed by atoms with van der Waals surface area (Å²) in [5.41, 5.74) is 2.43. The summed E-state index contributed by atoms with van der Waals surface area (Å²) in [6.45, 7) is 8.54. The molecular formula is C10H19N3. The van der Waals surface area contributed by atoms with Crippen LogP contribution in [0.4, 0.5) is 0 Å². The van der Waals surface area contributed by atoms with Crippen LogP contribution < -0.4 is 5.32 Å². The number of aromatic amines is 1. The van der Waals surface area contributed by atoms with Gasteiger partial charge in [-0.1, -0.05) is 13.8 Å². The van der Waals surface area contributed by atoms with Crippen molar-refractivity contribution in [3.63, 3.8) is 0 Å². The lowest BCUT2D eigenvalue weighted by Crippen LogP contribution is -2.16. The van der Waals surface area contributed by atoms with Crippen LogP contribution in [0.5, 0.6) is 0 Å². The van der Waals surface area contributed by atoms with E-state index in [2.05, 4.69) is 29.4 Å². The Morgan fingerprint density at radius 1 is 1.54 bits per heavy atom. The number of rotatable bonds is 5. The molecule has 0 amide bonds. The van der Waals surface area contributed by atoms with Crippen LogP contribution in [0.25, 0.3) is 0 Å². The number of aromatic nitrogens is 2. The van der Waals surface area contributed by atoms with Gasteiger partial charge >= 0.3 is 0 Å². The third-order valence-electron chi connectivity index (χ3n) is 2.15. The summed E-state index contributed by atoms with van der Waals surface area (Å²) in [4.78, 5) is 0. The summed E-state index contributed by atoms with van der Waals surface area (Å²) in [7, 11) is 0. The van der Waals surface area contributed by atoms with Gasteiger partial charge in [-0.05, 0) is 25.8 Å². The molecule has 0 spiro atoms. The molecule has 0 radical (unpaired) electrons. The minimum atomic E-state index is 0.776. The Balaban J connectivity index is 2.17. The third kappa shape index (κ3) is 3.59. The van der Waals surface area contributed by atoms with Gasteiger partial charge < -0.3 is 5.32 Å². The monoisotopic (exact) mass is 181 g/mol. The van der Waals surface area contributed by atoms with Crippen LogP contribution >= 0.6 is 0 Å². The maximum atomic E-state index is 3.97. The molecule has 1 aromatic rings. The fraction of sp³-hybridized carbons (Fsp3) is 0.700. The van der Waals surface area contributed by atoms with Crippen LogP contribution in [0, 0.1) is 12.8 Å². The van der Waals surface area contributed by atoms with Crippen molar-refractivity contribution in [2.45, 2.75) is 33.7 Å². The lowest BCUT2D eigenvalue weighted by molar-refractivity contribution is 0.537. The van der Waals surface area contributed by atoms with Gasteiger partial charge in [0.25, 0.3) is 0 Å². The van der Waals surface area contributed by atoms with E-state index in [1.807, 2.05) is 13.1 Å². The van der Waals surface area contributed by atoms with Gasteiger partial charge in [0, 0.05) is 17.8 Å². The molecule has 0 aliphatic heterocycles. The summed E-state index contributed by atoms with van der Waals surface area (Å²) in [6, 6.07) is 0. The summed E-state index contributed by atoms with van der Waals surface area (Å²) >= 11 is 0. The van der Waals surface area contributed by atoms with Crippen LogP contribution in [0.15, 0.2) is 6.20 Å². The maximum Gasteiger partial charge on any atom is 0.0535 e. The predicted molar refractivity (Wildman–Crippen MR) is 54.5 cm³/mol. The normalized spacial score (nSPS) is 11.1. The van der Waals surface area contributed by atoms with Gasteiger partial charge in [0.05, 0.1) is 6.20 Å². The molecule has 74 valence electrons. The van der Waals surface area contributed by atoms with Gasteiger partial charge in [0.1, 0.15) is 0 Å². The standard InChI is InChI=1S/C10H19N3/c1-8(2)4-5-11-6-10-7-12-13-9(10)3/h7-8,11H,4-6H2,1-3H3,(H,12,13). The van der Waals surface area contributed by atoms with Gasteiger partial charge in [-0.3, -0.25) is 5.10 Å². The Kier molecular flexibility index (Phi) is 3.96. The molecule has 0 saturated carbocycles. The van der Waals surface area contributed by atoms with E-state index in [-0.39, 0.29) is 0 Å². The fourth-order valence-electron chi connectivity index (χ4n) is 1.17. The topological polar surface area (TPSA) is 40.7 Å². The lowest BCUT2D eigenvalue weighted by atomic mass is 10.1. The summed E-state index contributed by atoms with van der Waals surface area (Å²) < 4.78 is 0. The second-order valence-corrected chi connectivity index (χ2v) is 3.88. The molecule has 2 N–H and O–H groups in total. The molecule has 3 heteroatoms. The number of hydrogen-bond donors (Lipinski definition) is 2. The van der Waals surface area contributed by atoms with Crippen molar-refractivity contribution in [3.05, 3.63) is 17.5 Å². The molecule has 1 aromatic heterocycles. The molecule has 0 fully saturated rings. The summed E-state index contributed by atoms with van der Waals surface area (Å²) in [5.74, 6) is 0.776. The number of H-pyrrole nitrogens is 1. The minimum absolute atomic E-state index is 0.776. The summed E-state index contributed by atoms with van der Waals surface area (Å²) in [5, 5.41) is 10.3. The maximum absolute atomic E-state index is 3.97. The molecule has 1 heterocycles. The van der Waals surface area contributed by atoms with Crippen molar-refractivity contribution in [1.29, 1.82) is 0 Å². The van der Waals surface area contributed by atoms with E-state index >= 15 is 0 Å². The van der Waals surface area contributed by atoms with Crippen molar-refractivity contribution in [1.82, 2.24) is 15.5 Å². The first kappa shape index (κ1) is 10.3. The molecule has 0 aromatic carbocycles. The average Bonchev–Trinajstić information content (AvgIpc) is 2.45. The molecule has 0 unspecified atom stereocenters. The van der Waals surface area contributed by atoms with Crippen molar-refractivity contribution < 1.29 is 0 Å². The third-order valence-corrected chi connectivity index (χ3v) is 2.15. The Bertz CT molecular complexity index is 240. The Labute approximate surface area is 79.9 Å². The first-order valence-corrected chi connectivity index (χ1v) is 4.89. The van der Waals surface area contributed by atoms with Gasteiger partial charge in [0.2, 0.25) is 0 Å². The molecule has 13 heavy (non-hydrogen) atoms. The van der Waals surface area contributed by atoms with E-state index in [0.717, 1.165) is 24.7 Å². The Morgan fingerprint density at radius 2 is 2.31 bits per heavy atom. The van der Waals surface area contributed by atoms with Crippen LogP contribution in [0.1, 0.15) is 31.5 Å². The zero-order chi connectivity index (χ0) is 9.68. The summed E-state index contributed by atoms with van der Waals surface area (Å²) in [6.07, 6.45) is 3.12. The average molecular weight is 181 g/mol. The van der Waals surface area contributed by atoms with Crippen LogP contribution in [-0.4, -0.2) is 16.7 Å². The fourth-order valence-corrected chi connectivity index (χ4v) is 1.17. The van der Waals surface area contributed by atoms with E-state index in [9.17, 15) is 0 Å². The van der Waals surface area contributed by atoms with E-state index in [0.29, 0.717) is 0 Å². The lowest BCUT2D eigenvalue weighted by Gasteiger charge is -2.05. The second kappa shape index (κ2) is 5.02. The smallest absolute Gasteiger partial charge is 0.0535 e. The quantitative estimate of drug-likeness (QED) is 0.681. The molecular weight excluding hydrogens is 162 g/mol. The van der Waals surface area contributed by atoms with Crippen molar-refractivity contribution in [2.24, 2.45) is 5.92 Å². The first-order chi connectivity index (χ1) is 6.20. The predicted octanol–water partition coefficient (Wildman–Crippen LogP) is 1.85. The van der Waals surface area contributed by atoms with Gasteiger partial charge in [0.15, 0.2) is 0 Å².